The van der Waals surface area contributed by atoms with Crippen molar-refractivity contribution in [1.29, 1.82) is 0 Å². The zero-order valence-electron chi connectivity index (χ0n) is 11.4. The van der Waals surface area contributed by atoms with Crippen molar-refractivity contribution in [3.8, 4) is 0 Å². The zero-order valence-corrected chi connectivity index (χ0v) is 11.4. The molecular weight excluding hydrogens is 224 g/mol. The summed E-state index contributed by atoms with van der Waals surface area (Å²) in [6.45, 7) is 9.15. The predicted molar refractivity (Wildman–Crippen MR) is 64.6 cm³/mol. The Balaban J connectivity index is 4.50. The highest BCUT2D eigenvalue weighted by molar-refractivity contribution is 4.66. The Labute approximate surface area is 104 Å². The van der Waals surface area contributed by atoms with Gasteiger partial charge in [-0.3, -0.25) is 0 Å². The van der Waals surface area contributed by atoms with Crippen LogP contribution in [0.1, 0.15) is 47.0 Å². The van der Waals surface area contributed by atoms with Crippen LogP contribution >= 0.6 is 0 Å². The molecule has 104 valence electrons. The molecule has 0 fully saturated rings. The molecular formula is C12H26O5. The first-order valence-corrected chi connectivity index (χ1v) is 6.38. The maximum Gasteiger partial charge on any atom is 0.338 e. The van der Waals surface area contributed by atoms with E-state index in [1.54, 1.807) is 6.92 Å². The van der Waals surface area contributed by atoms with Gasteiger partial charge < -0.3 is 14.2 Å². The Bertz CT molecular complexity index is 166. The minimum Gasteiger partial charge on any atom is -0.370 e. The average molecular weight is 250 g/mol. The smallest absolute Gasteiger partial charge is 0.338 e. The van der Waals surface area contributed by atoms with Crippen LogP contribution in [0.15, 0.2) is 0 Å². The fourth-order valence-corrected chi connectivity index (χ4v) is 1.29. The molecule has 0 saturated heterocycles. The van der Waals surface area contributed by atoms with Gasteiger partial charge in [0.2, 0.25) is 0 Å². The van der Waals surface area contributed by atoms with Gasteiger partial charge in [0.25, 0.3) is 0 Å². The monoisotopic (exact) mass is 250 g/mol. The molecule has 0 heterocycles. The molecule has 0 spiro atoms. The normalized spacial score (nSPS) is 13.9. The molecule has 0 aromatic carbocycles. The maximum absolute atomic E-state index is 9.07. The lowest BCUT2D eigenvalue weighted by atomic mass is 10.3. The fourth-order valence-electron chi connectivity index (χ4n) is 1.29. The first kappa shape index (κ1) is 16.8. The summed E-state index contributed by atoms with van der Waals surface area (Å²) in [5.41, 5.74) is 0. The van der Waals surface area contributed by atoms with E-state index in [-0.39, 0.29) is 0 Å². The van der Waals surface area contributed by atoms with Crippen LogP contribution in [0.25, 0.3) is 0 Å². The van der Waals surface area contributed by atoms with E-state index >= 15 is 0 Å². The summed E-state index contributed by atoms with van der Waals surface area (Å²) in [6, 6.07) is 0. The second-order valence-corrected chi connectivity index (χ2v) is 3.90. The standard InChI is InChI=1S/C12H26O5/c1-5-8-14-11(4)12(17-13,15-9-6-2)16-10-7-3/h11,13H,5-10H2,1-4H3. The van der Waals surface area contributed by atoms with Crippen molar-refractivity contribution in [2.24, 2.45) is 0 Å². The van der Waals surface area contributed by atoms with Gasteiger partial charge in [-0.05, 0) is 26.2 Å². The van der Waals surface area contributed by atoms with E-state index in [0.29, 0.717) is 19.8 Å². The van der Waals surface area contributed by atoms with E-state index in [2.05, 4.69) is 4.89 Å². The van der Waals surface area contributed by atoms with E-state index in [9.17, 15) is 0 Å². The van der Waals surface area contributed by atoms with Gasteiger partial charge in [0.1, 0.15) is 6.10 Å². The largest absolute Gasteiger partial charge is 0.370 e. The fraction of sp³-hybridized carbons (Fsp3) is 1.00. The Morgan fingerprint density at radius 3 is 1.76 bits per heavy atom. The molecule has 1 atom stereocenters. The molecule has 0 bridgehead atoms. The topological polar surface area (TPSA) is 57.2 Å². The molecule has 5 heteroatoms. The minimum atomic E-state index is -1.51. The average Bonchev–Trinajstić information content (AvgIpc) is 2.37. The SMILES string of the molecule is CCCOC(C)C(OO)(OCCC)OCCC. The third-order valence-corrected chi connectivity index (χ3v) is 2.21. The molecule has 0 amide bonds. The van der Waals surface area contributed by atoms with Gasteiger partial charge in [-0.1, -0.05) is 20.8 Å². The summed E-state index contributed by atoms with van der Waals surface area (Å²) in [4.78, 5) is 4.43. The summed E-state index contributed by atoms with van der Waals surface area (Å²) >= 11 is 0. The lowest BCUT2D eigenvalue weighted by molar-refractivity contribution is -0.512. The second kappa shape index (κ2) is 9.79. The Hall–Kier alpha value is -0.200. The van der Waals surface area contributed by atoms with Crippen LogP contribution < -0.4 is 0 Å². The van der Waals surface area contributed by atoms with Crippen LogP contribution in [0, 0.1) is 0 Å². The van der Waals surface area contributed by atoms with E-state index in [1.165, 1.54) is 0 Å². The van der Waals surface area contributed by atoms with Crippen molar-refractivity contribution in [1.82, 2.24) is 0 Å². The number of ether oxygens (including phenoxy) is 3. The highest BCUT2D eigenvalue weighted by atomic mass is 17.2. The van der Waals surface area contributed by atoms with Gasteiger partial charge >= 0.3 is 5.97 Å². The maximum atomic E-state index is 9.07. The van der Waals surface area contributed by atoms with Crippen LogP contribution in [0.3, 0.4) is 0 Å². The van der Waals surface area contributed by atoms with Gasteiger partial charge in [-0.25, -0.2) is 5.26 Å². The van der Waals surface area contributed by atoms with E-state index < -0.39 is 12.1 Å². The molecule has 1 unspecified atom stereocenters. The van der Waals surface area contributed by atoms with Crippen LogP contribution in [0.5, 0.6) is 0 Å². The molecule has 0 radical (unpaired) electrons. The van der Waals surface area contributed by atoms with Crippen LogP contribution in [-0.4, -0.2) is 37.2 Å². The highest BCUT2D eigenvalue weighted by Crippen LogP contribution is 2.23. The van der Waals surface area contributed by atoms with Crippen LogP contribution in [0.2, 0.25) is 0 Å². The zero-order chi connectivity index (χ0) is 13.1. The number of hydrogen-bond donors (Lipinski definition) is 1. The van der Waals surface area contributed by atoms with Crippen molar-refractivity contribution in [3.05, 3.63) is 0 Å². The first-order chi connectivity index (χ1) is 8.16. The summed E-state index contributed by atoms with van der Waals surface area (Å²) in [7, 11) is 0. The molecule has 17 heavy (non-hydrogen) atoms. The summed E-state index contributed by atoms with van der Waals surface area (Å²) < 4.78 is 16.4. The highest BCUT2D eigenvalue weighted by Gasteiger charge is 2.42. The lowest BCUT2D eigenvalue weighted by Crippen LogP contribution is -2.49. The van der Waals surface area contributed by atoms with Crippen molar-refractivity contribution in [2.45, 2.75) is 59.0 Å². The van der Waals surface area contributed by atoms with Gasteiger partial charge in [0.05, 0.1) is 13.2 Å². The molecule has 0 aliphatic rings. The number of hydrogen-bond acceptors (Lipinski definition) is 5. The summed E-state index contributed by atoms with van der Waals surface area (Å²) in [5, 5.41) is 9.07. The summed E-state index contributed by atoms with van der Waals surface area (Å²) in [6.07, 6.45) is 2.00. The Morgan fingerprint density at radius 2 is 1.41 bits per heavy atom. The minimum absolute atomic E-state index is 0.435. The first-order valence-electron chi connectivity index (χ1n) is 6.38. The van der Waals surface area contributed by atoms with Gasteiger partial charge in [-0.15, -0.1) is 0 Å². The molecule has 1 N–H and O–H groups in total. The van der Waals surface area contributed by atoms with Crippen molar-refractivity contribution in [3.63, 3.8) is 0 Å². The van der Waals surface area contributed by atoms with E-state index in [0.717, 1.165) is 19.3 Å². The van der Waals surface area contributed by atoms with Crippen molar-refractivity contribution < 1.29 is 24.4 Å². The second-order valence-electron chi connectivity index (χ2n) is 3.90. The Morgan fingerprint density at radius 1 is 0.941 bits per heavy atom. The molecule has 0 rings (SSSR count). The van der Waals surface area contributed by atoms with Gasteiger partial charge in [0, 0.05) is 6.61 Å². The van der Waals surface area contributed by atoms with Crippen LogP contribution in [0.4, 0.5) is 0 Å². The predicted octanol–water partition coefficient (Wildman–Crippen LogP) is 2.80. The van der Waals surface area contributed by atoms with E-state index in [4.69, 9.17) is 19.5 Å². The molecule has 0 saturated carbocycles. The quantitative estimate of drug-likeness (QED) is 0.347. The molecule has 0 aromatic heterocycles. The third-order valence-electron chi connectivity index (χ3n) is 2.21. The van der Waals surface area contributed by atoms with Gasteiger partial charge in [-0.2, -0.15) is 4.89 Å². The lowest BCUT2D eigenvalue weighted by Gasteiger charge is -2.34. The summed E-state index contributed by atoms with van der Waals surface area (Å²) in [5.74, 6) is -1.51. The molecule has 0 aromatic rings. The molecule has 5 nitrogen and oxygen atoms in total. The molecule has 0 aliphatic heterocycles. The van der Waals surface area contributed by atoms with Crippen molar-refractivity contribution in [2.75, 3.05) is 19.8 Å². The number of rotatable bonds is 11. The third kappa shape index (κ3) is 5.79. The van der Waals surface area contributed by atoms with E-state index in [1.807, 2.05) is 20.8 Å². The van der Waals surface area contributed by atoms with Gasteiger partial charge in [0.15, 0.2) is 0 Å². The molecule has 0 aliphatic carbocycles. The Kier molecular flexibility index (Phi) is 9.68. The van der Waals surface area contributed by atoms with Crippen LogP contribution in [-0.2, 0) is 19.1 Å². The van der Waals surface area contributed by atoms with Crippen molar-refractivity contribution >= 4 is 0 Å².